The van der Waals surface area contributed by atoms with E-state index in [0.717, 1.165) is 5.56 Å². The van der Waals surface area contributed by atoms with Crippen molar-refractivity contribution in [3.05, 3.63) is 69.3 Å². The highest BCUT2D eigenvalue weighted by molar-refractivity contribution is 7.99. The first kappa shape index (κ1) is 27.8. The van der Waals surface area contributed by atoms with Crippen molar-refractivity contribution in [1.29, 1.82) is 0 Å². The molecule has 38 heavy (non-hydrogen) atoms. The number of rotatable bonds is 10. The average molecular weight is 594 g/mol. The number of nitrogens with zero attached hydrogens (tertiary/aromatic N) is 3. The Balaban J connectivity index is 1.41. The highest BCUT2D eigenvalue weighted by Crippen LogP contribution is 2.37. The molecule has 0 unspecified atom stereocenters. The molecule has 9 nitrogen and oxygen atoms in total. The molecule has 0 aliphatic rings. The number of carbonyl (C=O) groups excluding carboxylic acids is 2. The summed E-state index contributed by atoms with van der Waals surface area (Å²) < 4.78 is 17.6. The Kier molecular flexibility index (Phi) is 9.16. The molecule has 2 aromatic carbocycles. The van der Waals surface area contributed by atoms with Gasteiger partial charge in [-0.2, -0.15) is 0 Å². The molecule has 13 heteroatoms. The van der Waals surface area contributed by atoms with Crippen LogP contribution in [0, 0.1) is 0 Å². The molecule has 0 spiro atoms. The molecule has 1 amide bonds. The fourth-order valence-electron chi connectivity index (χ4n) is 3.36. The predicted molar refractivity (Wildman–Crippen MR) is 149 cm³/mol. The van der Waals surface area contributed by atoms with Crippen LogP contribution in [0.2, 0.25) is 10.0 Å². The van der Waals surface area contributed by atoms with Gasteiger partial charge in [0.2, 0.25) is 5.91 Å². The van der Waals surface area contributed by atoms with Crippen molar-refractivity contribution in [2.24, 2.45) is 7.05 Å². The van der Waals surface area contributed by atoms with E-state index in [1.54, 1.807) is 54.4 Å². The van der Waals surface area contributed by atoms with Gasteiger partial charge in [0, 0.05) is 29.1 Å². The van der Waals surface area contributed by atoms with Crippen LogP contribution in [0.1, 0.15) is 16.2 Å². The van der Waals surface area contributed by atoms with E-state index in [4.69, 9.17) is 37.4 Å². The van der Waals surface area contributed by atoms with Crippen molar-refractivity contribution in [3.63, 3.8) is 0 Å². The zero-order valence-electron chi connectivity index (χ0n) is 20.5. The van der Waals surface area contributed by atoms with Gasteiger partial charge in [0.1, 0.15) is 28.7 Å². The topological polar surface area (TPSA) is 105 Å². The maximum Gasteiger partial charge on any atom is 0.341 e. The van der Waals surface area contributed by atoms with Crippen molar-refractivity contribution in [3.8, 4) is 22.6 Å². The van der Waals surface area contributed by atoms with E-state index in [1.165, 1.54) is 30.2 Å². The van der Waals surface area contributed by atoms with E-state index >= 15 is 0 Å². The van der Waals surface area contributed by atoms with Gasteiger partial charge >= 0.3 is 5.97 Å². The van der Waals surface area contributed by atoms with Crippen LogP contribution in [-0.4, -0.2) is 46.6 Å². The van der Waals surface area contributed by atoms with Crippen molar-refractivity contribution >= 4 is 63.2 Å². The molecule has 2 heterocycles. The molecular formula is C25H22Cl2N4O5S2. The molecule has 0 bridgehead atoms. The van der Waals surface area contributed by atoms with E-state index < -0.39 is 5.97 Å². The lowest BCUT2D eigenvalue weighted by Crippen LogP contribution is -2.16. The number of ether oxygens (including phenoxy) is 3. The second-order valence-corrected chi connectivity index (χ2v) is 10.4. The number of methoxy groups -OCH3 is 2. The fraction of sp³-hybridized carbons (Fsp3) is 0.200. The first-order chi connectivity index (χ1) is 18.3. The van der Waals surface area contributed by atoms with Gasteiger partial charge in [0.05, 0.1) is 25.0 Å². The quantitative estimate of drug-likeness (QED) is 0.178. The second kappa shape index (κ2) is 12.5. The van der Waals surface area contributed by atoms with E-state index in [0.29, 0.717) is 48.7 Å². The Morgan fingerprint density at radius 2 is 1.87 bits per heavy atom. The summed E-state index contributed by atoms with van der Waals surface area (Å²) in [6.07, 6.45) is 0. The minimum atomic E-state index is -0.544. The Morgan fingerprint density at radius 1 is 1.11 bits per heavy atom. The van der Waals surface area contributed by atoms with Crippen LogP contribution < -0.4 is 14.8 Å². The fourth-order valence-corrected chi connectivity index (χ4v) is 5.39. The van der Waals surface area contributed by atoms with Crippen LogP contribution in [0.4, 0.5) is 5.00 Å². The maximum absolute atomic E-state index is 12.8. The Morgan fingerprint density at radius 3 is 2.58 bits per heavy atom. The molecule has 0 saturated carbocycles. The molecular weight excluding hydrogens is 571 g/mol. The molecule has 1 N–H and O–H groups in total. The van der Waals surface area contributed by atoms with E-state index in [-0.39, 0.29) is 18.3 Å². The summed E-state index contributed by atoms with van der Waals surface area (Å²) in [5.41, 5.74) is 1.74. The summed E-state index contributed by atoms with van der Waals surface area (Å²) in [6, 6.07) is 12.2. The molecule has 198 valence electrons. The van der Waals surface area contributed by atoms with Gasteiger partial charge in [0.15, 0.2) is 11.0 Å². The van der Waals surface area contributed by atoms with E-state index in [9.17, 15) is 9.59 Å². The lowest BCUT2D eigenvalue weighted by atomic mass is 10.0. The molecule has 0 fully saturated rings. The molecule has 0 radical (unpaired) electrons. The van der Waals surface area contributed by atoms with Gasteiger partial charge in [0.25, 0.3) is 0 Å². The monoisotopic (exact) mass is 592 g/mol. The SMILES string of the molecule is COC(=O)c1c(-c2ccc(OC)cc2)csc1NC(=O)CSc1nnc(COc2cc(Cl)ccc2Cl)n1C. The van der Waals surface area contributed by atoms with Gasteiger partial charge in [-0.3, -0.25) is 4.79 Å². The van der Waals surface area contributed by atoms with Crippen LogP contribution in [0.5, 0.6) is 11.5 Å². The molecule has 0 atom stereocenters. The zero-order valence-corrected chi connectivity index (χ0v) is 23.6. The standard InChI is InChI=1S/C25H22Cl2N4O5S2/c1-31-20(11-36-19-10-15(26)6-9-18(19)27)29-30-25(31)38-13-21(32)28-23-22(24(33)35-3)17(12-37-23)14-4-7-16(34-2)8-5-14/h4-10,12H,11,13H2,1-3H3,(H,28,32). The number of hydrogen-bond acceptors (Lipinski definition) is 9. The summed E-state index contributed by atoms with van der Waals surface area (Å²) in [7, 11) is 4.65. The third kappa shape index (κ3) is 6.41. The number of benzene rings is 2. The van der Waals surface area contributed by atoms with Crippen LogP contribution in [0.3, 0.4) is 0 Å². The Bertz CT molecular complexity index is 1460. The highest BCUT2D eigenvalue weighted by Gasteiger charge is 2.23. The number of carbonyl (C=O) groups is 2. The van der Waals surface area contributed by atoms with Gasteiger partial charge in [-0.1, -0.05) is 47.1 Å². The summed E-state index contributed by atoms with van der Waals surface area (Å²) in [5, 5.41) is 14.7. The van der Waals surface area contributed by atoms with Gasteiger partial charge < -0.3 is 24.1 Å². The number of amides is 1. The van der Waals surface area contributed by atoms with Crippen molar-refractivity contribution in [2.45, 2.75) is 11.8 Å². The number of thioether (sulfide) groups is 1. The Labute approximate surface area is 237 Å². The highest BCUT2D eigenvalue weighted by atomic mass is 35.5. The smallest absolute Gasteiger partial charge is 0.341 e. The Hall–Kier alpha value is -3.25. The zero-order chi connectivity index (χ0) is 27.2. The molecule has 4 aromatic rings. The number of aromatic nitrogens is 3. The number of nitrogens with one attached hydrogen (secondary N) is 1. The van der Waals surface area contributed by atoms with Crippen LogP contribution in [0.25, 0.3) is 11.1 Å². The number of halogens is 2. The third-order valence-corrected chi connectivity index (χ3v) is 7.81. The number of hydrogen-bond donors (Lipinski definition) is 1. The molecule has 0 aliphatic heterocycles. The van der Waals surface area contributed by atoms with Crippen LogP contribution in [-0.2, 0) is 23.2 Å². The minimum Gasteiger partial charge on any atom is -0.497 e. The summed E-state index contributed by atoms with van der Waals surface area (Å²) in [4.78, 5) is 25.4. The number of anilines is 1. The van der Waals surface area contributed by atoms with Crippen LogP contribution >= 0.6 is 46.3 Å². The normalized spacial score (nSPS) is 10.8. The van der Waals surface area contributed by atoms with E-state index in [1.807, 2.05) is 12.1 Å². The molecule has 4 rings (SSSR count). The minimum absolute atomic E-state index is 0.0450. The summed E-state index contributed by atoms with van der Waals surface area (Å²) in [6.45, 7) is 0.113. The lowest BCUT2D eigenvalue weighted by Gasteiger charge is -2.09. The van der Waals surface area contributed by atoms with Crippen molar-refractivity contribution in [1.82, 2.24) is 14.8 Å². The van der Waals surface area contributed by atoms with Gasteiger partial charge in [-0.05, 0) is 29.8 Å². The molecule has 2 aromatic heterocycles. The van der Waals surface area contributed by atoms with Crippen molar-refractivity contribution in [2.75, 3.05) is 25.3 Å². The third-order valence-electron chi connectivity index (χ3n) is 5.34. The van der Waals surface area contributed by atoms with Crippen molar-refractivity contribution < 1.29 is 23.8 Å². The number of esters is 1. The molecule has 0 aliphatic carbocycles. The van der Waals surface area contributed by atoms with Gasteiger partial charge in [-0.25, -0.2) is 4.79 Å². The first-order valence-corrected chi connectivity index (χ1v) is 13.7. The second-order valence-electron chi connectivity index (χ2n) is 7.73. The predicted octanol–water partition coefficient (Wildman–Crippen LogP) is 5.96. The summed E-state index contributed by atoms with van der Waals surface area (Å²) >= 11 is 14.6. The van der Waals surface area contributed by atoms with Gasteiger partial charge in [-0.15, -0.1) is 21.5 Å². The summed E-state index contributed by atoms with van der Waals surface area (Å²) in [5.74, 6) is 0.860. The number of thiophene rings is 1. The maximum atomic E-state index is 12.8. The van der Waals surface area contributed by atoms with Crippen LogP contribution in [0.15, 0.2) is 53.0 Å². The largest absolute Gasteiger partial charge is 0.497 e. The molecule has 0 saturated heterocycles. The lowest BCUT2D eigenvalue weighted by molar-refractivity contribution is -0.113. The first-order valence-electron chi connectivity index (χ1n) is 11.0. The average Bonchev–Trinajstić information content (AvgIpc) is 3.50. The van der Waals surface area contributed by atoms with E-state index in [2.05, 4.69) is 15.5 Å².